The van der Waals surface area contributed by atoms with Crippen molar-refractivity contribution < 1.29 is 33.4 Å². The van der Waals surface area contributed by atoms with Gasteiger partial charge in [-0.3, -0.25) is 0 Å². The molecule has 0 aromatic carbocycles. The van der Waals surface area contributed by atoms with E-state index >= 15 is 0 Å². The maximum atomic E-state index is 12.4. The molecular formula is C14H24NO6+. The number of hydrogen-bond donors (Lipinski definition) is 1. The molecule has 0 saturated heterocycles. The van der Waals surface area contributed by atoms with Gasteiger partial charge in [0.15, 0.2) is 0 Å². The van der Waals surface area contributed by atoms with E-state index in [2.05, 4.69) is 4.74 Å². The molecule has 0 bridgehead atoms. The summed E-state index contributed by atoms with van der Waals surface area (Å²) >= 11 is 0. The zero-order chi connectivity index (χ0) is 16.8. The van der Waals surface area contributed by atoms with Crippen molar-refractivity contribution in [2.45, 2.75) is 27.0 Å². The molecule has 0 spiro atoms. The Kier molecular flexibility index (Phi) is 6.72. The fourth-order valence-electron chi connectivity index (χ4n) is 1.75. The quantitative estimate of drug-likeness (QED) is 0.338. The number of carbonyl (C=O) groups excluding carboxylic acids is 3. The Morgan fingerprint density at radius 2 is 1.62 bits per heavy atom. The second kappa shape index (κ2) is 7.33. The molecule has 0 heterocycles. The first-order chi connectivity index (χ1) is 9.46. The Hall–Kier alpha value is -1.73. The minimum Gasteiger partial charge on any atom is -0.466 e. The van der Waals surface area contributed by atoms with E-state index in [1.807, 2.05) is 0 Å². The maximum absolute atomic E-state index is 12.4. The van der Waals surface area contributed by atoms with Crippen LogP contribution in [0.4, 0.5) is 0 Å². The predicted molar refractivity (Wildman–Crippen MR) is 74.7 cm³/mol. The van der Waals surface area contributed by atoms with Crippen molar-refractivity contribution in [1.82, 2.24) is 0 Å². The molecule has 0 rings (SSSR count). The second-order valence-electron chi connectivity index (χ2n) is 6.03. The Balaban J connectivity index is 5.01. The number of amides is 1. The summed E-state index contributed by atoms with van der Waals surface area (Å²) in [6.07, 6.45) is 0.727. The third-order valence-corrected chi connectivity index (χ3v) is 2.85. The van der Waals surface area contributed by atoms with Crippen LogP contribution in [0.25, 0.3) is 0 Å². The first kappa shape index (κ1) is 19.3. The van der Waals surface area contributed by atoms with Crippen molar-refractivity contribution in [1.29, 1.82) is 0 Å². The molecule has 7 nitrogen and oxygen atoms in total. The van der Waals surface area contributed by atoms with E-state index in [0.717, 1.165) is 12.2 Å². The zero-order valence-electron chi connectivity index (χ0n) is 13.4. The fraction of sp³-hybridized carbons (Fsp3) is 0.643. The number of quaternary nitrogens is 1. The summed E-state index contributed by atoms with van der Waals surface area (Å²) in [6, 6.07) is 0. The highest BCUT2D eigenvalue weighted by molar-refractivity contribution is 5.91. The van der Waals surface area contributed by atoms with Crippen molar-refractivity contribution in [2.24, 2.45) is 5.41 Å². The lowest BCUT2D eigenvalue weighted by Gasteiger charge is -2.37. The van der Waals surface area contributed by atoms with Gasteiger partial charge in [0.25, 0.3) is 6.23 Å². The summed E-state index contributed by atoms with van der Waals surface area (Å²) in [6.45, 7) is 4.70. The number of hydrogen-bond acceptors (Lipinski definition) is 6. The van der Waals surface area contributed by atoms with Crippen LogP contribution in [-0.4, -0.2) is 61.5 Å². The highest BCUT2D eigenvalue weighted by Crippen LogP contribution is 2.23. The number of esters is 2. The molecule has 7 heteroatoms. The van der Waals surface area contributed by atoms with Crippen molar-refractivity contribution in [3.8, 4) is 0 Å². The lowest BCUT2D eigenvalue weighted by molar-refractivity contribution is -0.866. The number of aliphatic hydroxyl groups excluding tert-OH is 1. The minimum absolute atomic E-state index is 0.203. The SMILES string of the molecule is COC(=O)/C=C/C(=O)OC(CO)[N+](C)(C)C(=O)C(C)(C)C. The first-order valence-electron chi connectivity index (χ1n) is 6.43. The van der Waals surface area contributed by atoms with Crippen LogP contribution < -0.4 is 0 Å². The van der Waals surface area contributed by atoms with Gasteiger partial charge in [-0.15, -0.1) is 0 Å². The monoisotopic (exact) mass is 302 g/mol. The average molecular weight is 302 g/mol. The molecule has 0 radical (unpaired) electrons. The van der Waals surface area contributed by atoms with Crippen LogP contribution in [0, 0.1) is 5.41 Å². The van der Waals surface area contributed by atoms with Gasteiger partial charge in [-0.1, -0.05) is 0 Å². The Bertz CT molecular complexity index is 433. The molecule has 0 aromatic rings. The molecule has 0 aliphatic heterocycles. The van der Waals surface area contributed by atoms with Gasteiger partial charge in [0, 0.05) is 12.2 Å². The van der Waals surface area contributed by atoms with E-state index in [4.69, 9.17) is 4.74 Å². The standard InChI is InChI=1S/C14H24NO6/c1-14(2,3)13(19)15(4,5)10(9-16)21-12(18)8-7-11(17)20-6/h7-8,10,16H,9H2,1-6H3/q+1/b8-7+. The summed E-state index contributed by atoms with van der Waals surface area (Å²) in [5, 5.41) is 9.39. The fourth-order valence-corrected chi connectivity index (χ4v) is 1.75. The van der Waals surface area contributed by atoms with Gasteiger partial charge in [-0.05, 0) is 20.8 Å². The highest BCUT2D eigenvalue weighted by Gasteiger charge is 2.44. The molecule has 0 aliphatic rings. The van der Waals surface area contributed by atoms with Gasteiger partial charge in [0.05, 0.1) is 26.6 Å². The third-order valence-electron chi connectivity index (χ3n) is 2.85. The number of nitrogens with zero attached hydrogens (tertiary/aromatic N) is 1. The topological polar surface area (TPSA) is 89.9 Å². The molecule has 0 aromatic heterocycles. The van der Waals surface area contributed by atoms with E-state index in [9.17, 15) is 19.5 Å². The largest absolute Gasteiger partial charge is 0.466 e. The molecule has 1 N–H and O–H groups in total. The van der Waals surface area contributed by atoms with Crippen molar-refractivity contribution >= 4 is 17.8 Å². The minimum atomic E-state index is -1.06. The van der Waals surface area contributed by atoms with E-state index in [1.165, 1.54) is 7.11 Å². The van der Waals surface area contributed by atoms with Gasteiger partial charge < -0.3 is 14.6 Å². The van der Waals surface area contributed by atoms with Crippen LogP contribution in [0.15, 0.2) is 12.2 Å². The summed E-state index contributed by atoms with van der Waals surface area (Å²) < 4.78 is 9.06. The Morgan fingerprint density at radius 1 is 1.14 bits per heavy atom. The van der Waals surface area contributed by atoms with Gasteiger partial charge in [-0.25, -0.2) is 18.9 Å². The van der Waals surface area contributed by atoms with Crippen LogP contribution in [0.3, 0.4) is 0 Å². The maximum Gasteiger partial charge on any atom is 0.335 e. The van der Waals surface area contributed by atoms with Crippen molar-refractivity contribution in [3.05, 3.63) is 12.2 Å². The summed E-state index contributed by atoms with van der Waals surface area (Å²) in [4.78, 5) is 34.8. The van der Waals surface area contributed by atoms with Gasteiger partial charge in [0.1, 0.15) is 6.61 Å². The van der Waals surface area contributed by atoms with Crippen molar-refractivity contribution in [3.63, 3.8) is 0 Å². The van der Waals surface area contributed by atoms with E-state index in [1.54, 1.807) is 34.9 Å². The number of rotatable bonds is 5. The van der Waals surface area contributed by atoms with Crippen LogP contribution in [0.2, 0.25) is 0 Å². The third kappa shape index (κ3) is 5.65. The summed E-state index contributed by atoms with van der Waals surface area (Å²) in [7, 11) is 4.27. The molecule has 0 saturated carbocycles. The molecule has 1 amide bonds. The molecule has 1 atom stereocenters. The van der Waals surface area contributed by atoms with Crippen LogP contribution in [0.1, 0.15) is 20.8 Å². The van der Waals surface area contributed by atoms with Crippen LogP contribution >= 0.6 is 0 Å². The van der Waals surface area contributed by atoms with Crippen LogP contribution in [-0.2, 0) is 23.9 Å². The van der Waals surface area contributed by atoms with E-state index in [-0.39, 0.29) is 10.4 Å². The van der Waals surface area contributed by atoms with Crippen molar-refractivity contribution in [2.75, 3.05) is 27.8 Å². The Morgan fingerprint density at radius 3 is 2.00 bits per heavy atom. The predicted octanol–water partition coefficient (Wildman–Crippen LogP) is 0.226. The zero-order valence-corrected chi connectivity index (χ0v) is 13.4. The smallest absolute Gasteiger partial charge is 0.335 e. The lowest BCUT2D eigenvalue weighted by Crippen LogP contribution is -2.60. The number of aliphatic hydroxyl groups is 1. The van der Waals surface area contributed by atoms with E-state index in [0.29, 0.717) is 0 Å². The van der Waals surface area contributed by atoms with Gasteiger partial charge >= 0.3 is 17.8 Å². The van der Waals surface area contributed by atoms with Gasteiger partial charge in [0.2, 0.25) is 0 Å². The lowest BCUT2D eigenvalue weighted by atomic mass is 9.93. The molecule has 1 unspecified atom stereocenters. The molecule has 0 fully saturated rings. The van der Waals surface area contributed by atoms with Crippen LogP contribution in [0.5, 0.6) is 0 Å². The number of likely N-dealkylation sites (N-methyl/N-ethyl adjacent to an activating group) is 1. The summed E-state index contributed by atoms with van der Waals surface area (Å²) in [5.74, 6) is -1.74. The van der Waals surface area contributed by atoms with E-state index < -0.39 is 30.2 Å². The summed E-state index contributed by atoms with van der Waals surface area (Å²) in [5.41, 5.74) is -0.662. The normalized spacial score (nSPS) is 13.9. The molecular weight excluding hydrogens is 278 g/mol. The molecule has 0 aliphatic carbocycles. The number of methoxy groups -OCH3 is 1. The molecule has 21 heavy (non-hydrogen) atoms. The van der Waals surface area contributed by atoms with Gasteiger partial charge in [-0.2, -0.15) is 0 Å². The highest BCUT2D eigenvalue weighted by atomic mass is 16.6. The Labute approximate surface area is 124 Å². The first-order valence-corrected chi connectivity index (χ1v) is 6.43. The second-order valence-corrected chi connectivity index (χ2v) is 6.03. The number of carbonyl (C=O) groups is 3. The molecule has 120 valence electrons. The average Bonchev–Trinajstić information content (AvgIpc) is 2.39. The number of ether oxygens (including phenoxy) is 2.